The molecule has 35 heavy (non-hydrogen) atoms. The van der Waals surface area contributed by atoms with E-state index >= 15 is 0 Å². The van der Waals surface area contributed by atoms with Gasteiger partial charge < -0.3 is 25.6 Å². The number of carboxylic acid groups (broad SMARTS) is 1. The molecule has 3 aromatic rings. The number of phenols is 1. The molecule has 182 valence electrons. The number of nitro benzene ring substituents is 1. The fraction of sp³-hybridized carbons (Fsp3) is 0.0909. The van der Waals surface area contributed by atoms with E-state index in [1.54, 1.807) is 24.3 Å². The van der Waals surface area contributed by atoms with Gasteiger partial charge in [-0.1, -0.05) is 0 Å². The summed E-state index contributed by atoms with van der Waals surface area (Å²) in [5.74, 6) is 0.0753. The van der Waals surface area contributed by atoms with Crippen LogP contribution in [0, 0.1) is 20.8 Å². The first-order chi connectivity index (χ1) is 16.5. The predicted molar refractivity (Wildman–Crippen MR) is 153 cm³/mol. The molecule has 0 fully saturated rings. The molecule has 10 nitrogen and oxygen atoms in total. The van der Waals surface area contributed by atoms with Crippen LogP contribution in [-0.4, -0.2) is 33.2 Å². The number of halogens is 3. The van der Waals surface area contributed by atoms with Gasteiger partial charge >= 0.3 is 12.0 Å². The molecule has 13 heteroatoms. The maximum Gasteiger partial charge on any atom is 0.326 e. The number of ether oxygens (including phenoxy) is 1. The van der Waals surface area contributed by atoms with Crippen molar-refractivity contribution in [3.8, 4) is 17.2 Å². The third-order valence-electron chi connectivity index (χ3n) is 4.58. The van der Waals surface area contributed by atoms with Gasteiger partial charge in [-0.2, -0.15) is 0 Å². The van der Waals surface area contributed by atoms with Crippen molar-refractivity contribution in [1.29, 1.82) is 0 Å². The first kappa shape index (κ1) is 27.2. The van der Waals surface area contributed by atoms with E-state index in [4.69, 9.17) is 4.74 Å². The largest absolute Gasteiger partial charge is 0.507 e. The first-order valence-electron chi connectivity index (χ1n) is 9.72. The molecule has 0 radical (unpaired) electrons. The Morgan fingerprint density at radius 1 is 1.00 bits per heavy atom. The third-order valence-corrected chi connectivity index (χ3v) is 7.04. The Labute approximate surface area is 240 Å². The van der Waals surface area contributed by atoms with E-state index in [0.29, 0.717) is 20.6 Å². The van der Waals surface area contributed by atoms with Crippen LogP contribution in [0.25, 0.3) is 0 Å². The van der Waals surface area contributed by atoms with Crippen LogP contribution in [0.15, 0.2) is 54.6 Å². The van der Waals surface area contributed by atoms with E-state index in [0.717, 1.165) is 7.14 Å². The van der Waals surface area contributed by atoms with Gasteiger partial charge in [0, 0.05) is 24.2 Å². The van der Waals surface area contributed by atoms with Crippen molar-refractivity contribution >= 4 is 91.1 Å². The third kappa shape index (κ3) is 7.53. The zero-order valence-electron chi connectivity index (χ0n) is 17.5. The number of carbonyl (C=O) groups excluding carboxylic acids is 1. The Balaban J connectivity index is 1.70. The van der Waals surface area contributed by atoms with Gasteiger partial charge in [-0.25, -0.2) is 9.59 Å². The molecule has 3 rings (SSSR count). The average Bonchev–Trinajstić information content (AvgIpc) is 2.78. The van der Waals surface area contributed by atoms with Crippen LogP contribution in [0.1, 0.15) is 5.56 Å². The number of hydrogen-bond donors (Lipinski definition) is 4. The van der Waals surface area contributed by atoms with Crippen LogP contribution in [0.5, 0.6) is 17.2 Å². The number of urea groups is 1. The number of amides is 2. The van der Waals surface area contributed by atoms with E-state index in [1.165, 1.54) is 30.3 Å². The van der Waals surface area contributed by atoms with Gasteiger partial charge in [0.25, 0.3) is 5.69 Å². The summed E-state index contributed by atoms with van der Waals surface area (Å²) < 4.78 is 8.10. The van der Waals surface area contributed by atoms with E-state index in [-0.39, 0.29) is 23.5 Å². The molecule has 0 heterocycles. The summed E-state index contributed by atoms with van der Waals surface area (Å²) in [4.78, 5) is 34.3. The Bertz CT molecular complexity index is 1260. The maximum atomic E-state index is 12.3. The standard InChI is InChI=1S/C22H16I3N3O7/c23-15-10-14(5-6-19(15)29)35-20-16(24)7-11(8-17(20)25)9-18(21(30)31)27-22(32)26-12-1-3-13(4-2-12)28(33)34/h1-8,10,18,29H,9H2,(H,30,31)(H2,26,27,32). The van der Waals surface area contributed by atoms with Crippen molar-refractivity contribution < 1.29 is 29.5 Å². The van der Waals surface area contributed by atoms with Gasteiger partial charge in [0.1, 0.15) is 17.5 Å². The van der Waals surface area contributed by atoms with Crippen molar-refractivity contribution in [2.75, 3.05) is 5.32 Å². The number of carbonyl (C=O) groups is 2. The zero-order valence-corrected chi connectivity index (χ0v) is 24.0. The summed E-state index contributed by atoms with van der Waals surface area (Å²) in [7, 11) is 0. The van der Waals surface area contributed by atoms with Crippen molar-refractivity contribution in [3.05, 3.63) is 81.0 Å². The Kier molecular flexibility index (Phi) is 9.34. The van der Waals surface area contributed by atoms with Crippen LogP contribution < -0.4 is 15.4 Å². The van der Waals surface area contributed by atoms with Gasteiger partial charge in [0.05, 0.1) is 15.6 Å². The molecule has 4 N–H and O–H groups in total. The molecular weight excluding hydrogens is 799 g/mol. The van der Waals surface area contributed by atoms with E-state index in [2.05, 4.69) is 55.8 Å². The van der Waals surface area contributed by atoms with E-state index in [1.807, 2.05) is 22.6 Å². The number of aliphatic carboxylic acids is 1. The number of anilines is 1. The number of benzene rings is 3. The first-order valence-corrected chi connectivity index (χ1v) is 13.0. The number of hydrogen-bond acceptors (Lipinski definition) is 6. The molecule has 0 aliphatic rings. The molecule has 0 saturated heterocycles. The second-order valence-electron chi connectivity index (χ2n) is 7.10. The fourth-order valence-corrected chi connectivity index (χ4v) is 5.53. The minimum Gasteiger partial charge on any atom is -0.507 e. The number of nitrogens with one attached hydrogen (secondary N) is 2. The highest BCUT2D eigenvalue weighted by molar-refractivity contribution is 14.1. The molecule has 1 unspecified atom stereocenters. The van der Waals surface area contributed by atoms with Crippen LogP contribution >= 0.6 is 67.8 Å². The molecule has 1 atom stereocenters. The van der Waals surface area contributed by atoms with Gasteiger partial charge in [-0.3, -0.25) is 10.1 Å². The smallest absolute Gasteiger partial charge is 0.326 e. The van der Waals surface area contributed by atoms with Gasteiger partial charge in [0.15, 0.2) is 5.75 Å². The van der Waals surface area contributed by atoms with Crippen molar-refractivity contribution in [3.63, 3.8) is 0 Å². The SMILES string of the molecule is O=C(Nc1ccc([N+](=O)[O-])cc1)NC(Cc1cc(I)c(Oc2ccc(O)c(I)c2)c(I)c1)C(=O)O. The summed E-state index contributed by atoms with van der Waals surface area (Å²) in [6.45, 7) is 0. The van der Waals surface area contributed by atoms with Gasteiger partial charge in [0.2, 0.25) is 0 Å². The molecular formula is C22H16I3N3O7. The molecule has 3 aromatic carbocycles. The highest BCUT2D eigenvalue weighted by Crippen LogP contribution is 2.35. The second kappa shape index (κ2) is 12.0. The summed E-state index contributed by atoms with van der Waals surface area (Å²) in [5.41, 5.74) is 0.831. The normalized spacial score (nSPS) is 11.4. The minimum absolute atomic E-state index is 0.0202. The predicted octanol–water partition coefficient (Wildman–Crippen LogP) is 5.72. The lowest BCUT2D eigenvalue weighted by Gasteiger charge is -2.17. The molecule has 0 saturated carbocycles. The van der Waals surface area contributed by atoms with Gasteiger partial charge in [-0.15, -0.1) is 0 Å². The highest BCUT2D eigenvalue weighted by atomic mass is 127. The highest BCUT2D eigenvalue weighted by Gasteiger charge is 2.22. The number of non-ortho nitro benzene ring substituents is 1. The molecule has 0 aliphatic carbocycles. The molecule has 2 amide bonds. The summed E-state index contributed by atoms with van der Waals surface area (Å²) in [6.07, 6.45) is 0.0202. The number of aromatic hydroxyl groups is 1. The van der Waals surface area contributed by atoms with Crippen LogP contribution in [-0.2, 0) is 11.2 Å². The lowest BCUT2D eigenvalue weighted by atomic mass is 10.1. The average molecular weight is 815 g/mol. The number of nitrogens with zero attached hydrogens (tertiary/aromatic N) is 1. The minimum atomic E-state index is -1.22. The Morgan fingerprint density at radius 3 is 2.17 bits per heavy atom. The maximum absolute atomic E-state index is 12.3. The Hall–Kier alpha value is -2.41. The molecule has 0 bridgehead atoms. The zero-order chi connectivity index (χ0) is 25.7. The summed E-state index contributed by atoms with van der Waals surface area (Å²) in [5, 5.41) is 34.9. The molecule has 0 aromatic heterocycles. The monoisotopic (exact) mass is 815 g/mol. The number of rotatable bonds is 8. The lowest BCUT2D eigenvalue weighted by Crippen LogP contribution is -2.44. The topological polar surface area (TPSA) is 151 Å². The van der Waals surface area contributed by atoms with Crippen LogP contribution in [0.3, 0.4) is 0 Å². The van der Waals surface area contributed by atoms with E-state index in [9.17, 15) is 29.9 Å². The van der Waals surface area contributed by atoms with Crippen molar-refractivity contribution in [2.24, 2.45) is 0 Å². The lowest BCUT2D eigenvalue weighted by molar-refractivity contribution is -0.384. The summed E-state index contributed by atoms with van der Waals surface area (Å²) >= 11 is 6.18. The number of phenolic OH excluding ortho intramolecular Hbond substituents is 1. The fourth-order valence-electron chi connectivity index (χ4n) is 2.92. The summed E-state index contributed by atoms with van der Waals surface area (Å²) in [6, 6.07) is 11.6. The molecule has 0 spiro atoms. The molecule has 0 aliphatic heterocycles. The number of nitro groups is 1. The van der Waals surface area contributed by atoms with Crippen LogP contribution in [0.2, 0.25) is 0 Å². The van der Waals surface area contributed by atoms with Crippen LogP contribution in [0.4, 0.5) is 16.2 Å². The van der Waals surface area contributed by atoms with Gasteiger partial charge in [-0.05, 0) is 116 Å². The van der Waals surface area contributed by atoms with E-state index < -0.39 is 23.0 Å². The number of carboxylic acids is 1. The van der Waals surface area contributed by atoms with Crippen molar-refractivity contribution in [1.82, 2.24) is 5.32 Å². The second-order valence-corrected chi connectivity index (χ2v) is 10.6. The quantitative estimate of drug-likeness (QED) is 0.129. The Morgan fingerprint density at radius 2 is 1.63 bits per heavy atom. The van der Waals surface area contributed by atoms with Crippen molar-refractivity contribution in [2.45, 2.75) is 12.5 Å².